The number of aromatic nitrogens is 1. The van der Waals surface area contributed by atoms with Gasteiger partial charge in [0, 0.05) is 31.5 Å². The van der Waals surface area contributed by atoms with E-state index in [1.54, 1.807) is 7.11 Å². The Balaban J connectivity index is 1.71. The Morgan fingerprint density at radius 2 is 2.17 bits per heavy atom. The van der Waals surface area contributed by atoms with Crippen molar-refractivity contribution in [3.63, 3.8) is 0 Å². The molecule has 23 heavy (non-hydrogen) atoms. The molecule has 0 unspecified atom stereocenters. The molecule has 1 aromatic heterocycles. The minimum atomic E-state index is 0.0435. The molecule has 1 aliphatic heterocycles. The summed E-state index contributed by atoms with van der Waals surface area (Å²) >= 11 is 1.52. The van der Waals surface area contributed by atoms with Gasteiger partial charge in [0.1, 0.15) is 5.69 Å². The van der Waals surface area contributed by atoms with Crippen molar-refractivity contribution >= 4 is 17.2 Å². The summed E-state index contributed by atoms with van der Waals surface area (Å²) in [6, 6.07) is 10.4. The van der Waals surface area contributed by atoms with Crippen molar-refractivity contribution < 1.29 is 9.53 Å². The van der Waals surface area contributed by atoms with Crippen LogP contribution < -0.4 is 0 Å². The predicted molar refractivity (Wildman–Crippen MR) is 91.8 cm³/mol. The molecular formula is C18H22N2O2S. The quantitative estimate of drug-likeness (QED) is 0.865. The van der Waals surface area contributed by atoms with Gasteiger partial charge in [-0.15, -0.1) is 11.3 Å². The highest BCUT2D eigenvalue weighted by atomic mass is 32.1. The predicted octanol–water partition coefficient (Wildman–Crippen LogP) is 3.17. The second-order valence-corrected chi connectivity index (χ2v) is 7.08. The van der Waals surface area contributed by atoms with Crippen molar-refractivity contribution in [1.29, 1.82) is 0 Å². The van der Waals surface area contributed by atoms with Gasteiger partial charge < -0.3 is 9.64 Å². The smallest absolute Gasteiger partial charge is 0.273 e. The Hall–Kier alpha value is -1.72. The molecule has 0 saturated carbocycles. The number of piperidine rings is 1. The fourth-order valence-electron chi connectivity index (χ4n) is 3.24. The van der Waals surface area contributed by atoms with Crippen LogP contribution in [-0.2, 0) is 11.2 Å². The lowest BCUT2D eigenvalue weighted by Crippen LogP contribution is -2.47. The van der Waals surface area contributed by atoms with Crippen LogP contribution in [0.1, 0.15) is 27.5 Å². The van der Waals surface area contributed by atoms with E-state index in [4.69, 9.17) is 4.74 Å². The molecule has 0 aliphatic carbocycles. The highest BCUT2D eigenvalue weighted by molar-refractivity contribution is 7.09. The molecule has 0 bridgehead atoms. The Kier molecular flexibility index (Phi) is 5.08. The summed E-state index contributed by atoms with van der Waals surface area (Å²) in [4.78, 5) is 18.9. The average Bonchev–Trinajstić information content (AvgIpc) is 3.01. The summed E-state index contributed by atoms with van der Waals surface area (Å²) in [6.45, 7) is 3.39. The molecule has 3 rings (SSSR count). The lowest BCUT2D eigenvalue weighted by Gasteiger charge is -2.37. The van der Waals surface area contributed by atoms with E-state index in [2.05, 4.69) is 29.2 Å². The number of benzene rings is 1. The zero-order valence-electron chi connectivity index (χ0n) is 13.6. The molecule has 1 aliphatic rings. The summed E-state index contributed by atoms with van der Waals surface area (Å²) < 4.78 is 5.66. The molecule has 4 nitrogen and oxygen atoms in total. The first-order valence-electron chi connectivity index (χ1n) is 7.95. The van der Waals surface area contributed by atoms with E-state index in [0.29, 0.717) is 11.6 Å². The number of hydrogen-bond donors (Lipinski definition) is 0. The normalized spacial score (nSPS) is 21.4. The Bertz CT molecular complexity index is 656. The van der Waals surface area contributed by atoms with E-state index in [9.17, 15) is 4.79 Å². The number of carbonyl (C=O) groups is 1. The number of hydrogen-bond acceptors (Lipinski definition) is 4. The van der Waals surface area contributed by atoms with Gasteiger partial charge in [-0.05, 0) is 25.3 Å². The van der Waals surface area contributed by atoms with Gasteiger partial charge in [0.05, 0.1) is 11.1 Å². The third-order valence-corrected chi connectivity index (χ3v) is 5.21. The van der Waals surface area contributed by atoms with Crippen LogP contribution in [0.15, 0.2) is 35.7 Å². The Labute approximate surface area is 141 Å². The molecule has 1 aromatic carbocycles. The topological polar surface area (TPSA) is 42.4 Å². The third kappa shape index (κ3) is 3.79. The molecule has 0 spiro atoms. The molecule has 1 amide bonds. The number of amides is 1. The van der Waals surface area contributed by atoms with Gasteiger partial charge in [0.25, 0.3) is 5.91 Å². The number of rotatable bonds is 4. The zero-order chi connectivity index (χ0) is 16.2. The van der Waals surface area contributed by atoms with Crippen LogP contribution in [0.5, 0.6) is 0 Å². The first-order chi connectivity index (χ1) is 11.2. The van der Waals surface area contributed by atoms with Gasteiger partial charge in [0.15, 0.2) is 0 Å². The summed E-state index contributed by atoms with van der Waals surface area (Å²) in [5, 5.41) is 2.78. The van der Waals surface area contributed by atoms with E-state index < -0.39 is 0 Å². The lowest BCUT2D eigenvalue weighted by molar-refractivity contribution is -0.00315. The standard InChI is InChI=1S/C18H22N2O2S/c1-13-19-16(12-23-13)18(21)20-9-8-17(22-2)15(11-20)10-14-6-4-3-5-7-14/h3-7,12,15,17H,8-11H2,1-2H3/t15-,17-/m1/s1. The fourth-order valence-corrected chi connectivity index (χ4v) is 3.83. The Morgan fingerprint density at radius 1 is 1.39 bits per heavy atom. The number of ether oxygens (including phenoxy) is 1. The maximum Gasteiger partial charge on any atom is 0.273 e. The highest BCUT2D eigenvalue weighted by Gasteiger charge is 2.32. The van der Waals surface area contributed by atoms with Gasteiger partial charge in [-0.25, -0.2) is 4.98 Å². The van der Waals surface area contributed by atoms with Crippen molar-refractivity contribution in [3.05, 3.63) is 52.0 Å². The van der Waals surface area contributed by atoms with Gasteiger partial charge in [-0.1, -0.05) is 30.3 Å². The van der Waals surface area contributed by atoms with Crippen LogP contribution in [0.3, 0.4) is 0 Å². The van der Waals surface area contributed by atoms with Crippen molar-refractivity contribution in [1.82, 2.24) is 9.88 Å². The van der Waals surface area contributed by atoms with Crippen molar-refractivity contribution in [3.8, 4) is 0 Å². The van der Waals surface area contributed by atoms with E-state index in [0.717, 1.165) is 30.9 Å². The SMILES string of the molecule is CO[C@@H]1CCN(C(=O)c2csc(C)n2)C[C@H]1Cc1ccccc1. The third-order valence-electron chi connectivity index (χ3n) is 4.43. The van der Waals surface area contributed by atoms with Crippen LogP contribution in [0.25, 0.3) is 0 Å². The number of methoxy groups -OCH3 is 1. The number of nitrogens with zero attached hydrogens (tertiary/aromatic N) is 2. The zero-order valence-corrected chi connectivity index (χ0v) is 14.4. The first kappa shape index (κ1) is 16.1. The number of aryl methyl sites for hydroxylation is 1. The summed E-state index contributed by atoms with van der Waals surface area (Å²) in [7, 11) is 1.77. The van der Waals surface area contributed by atoms with Gasteiger partial charge in [0.2, 0.25) is 0 Å². The molecule has 2 aromatic rings. The lowest BCUT2D eigenvalue weighted by atomic mass is 9.88. The summed E-state index contributed by atoms with van der Waals surface area (Å²) in [5.41, 5.74) is 1.86. The molecule has 1 saturated heterocycles. The molecule has 0 radical (unpaired) electrons. The molecule has 5 heteroatoms. The molecule has 2 atom stereocenters. The monoisotopic (exact) mass is 330 g/mol. The van der Waals surface area contributed by atoms with Crippen LogP contribution in [0, 0.1) is 12.8 Å². The van der Waals surface area contributed by atoms with Crippen LogP contribution in [0.2, 0.25) is 0 Å². The largest absolute Gasteiger partial charge is 0.381 e. The summed E-state index contributed by atoms with van der Waals surface area (Å²) in [5.74, 6) is 0.363. The second kappa shape index (κ2) is 7.23. The average molecular weight is 330 g/mol. The van der Waals surface area contributed by atoms with Gasteiger partial charge in [-0.2, -0.15) is 0 Å². The Morgan fingerprint density at radius 3 is 2.83 bits per heavy atom. The van der Waals surface area contributed by atoms with E-state index in [1.165, 1.54) is 16.9 Å². The molecule has 1 fully saturated rings. The molecule has 122 valence electrons. The van der Waals surface area contributed by atoms with Crippen LogP contribution in [0.4, 0.5) is 0 Å². The minimum absolute atomic E-state index is 0.0435. The fraction of sp³-hybridized carbons (Fsp3) is 0.444. The van der Waals surface area contributed by atoms with E-state index in [1.807, 2.05) is 23.3 Å². The number of thiazole rings is 1. The summed E-state index contributed by atoms with van der Waals surface area (Å²) in [6.07, 6.45) is 2.01. The van der Waals surface area contributed by atoms with Crippen molar-refractivity contribution in [2.45, 2.75) is 25.9 Å². The second-order valence-electron chi connectivity index (χ2n) is 6.02. The molecule has 2 heterocycles. The highest BCUT2D eigenvalue weighted by Crippen LogP contribution is 2.25. The van der Waals surface area contributed by atoms with E-state index >= 15 is 0 Å². The first-order valence-corrected chi connectivity index (χ1v) is 8.83. The van der Waals surface area contributed by atoms with Gasteiger partial charge in [-0.3, -0.25) is 4.79 Å². The van der Waals surface area contributed by atoms with Crippen LogP contribution in [-0.4, -0.2) is 42.1 Å². The van der Waals surface area contributed by atoms with Crippen molar-refractivity contribution in [2.75, 3.05) is 20.2 Å². The minimum Gasteiger partial charge on any atom is -0.381 e. The molecular weight excluding hydrogens is 308 g/mol. The van der Waals surface area contributed by atoms with E-state index in [-0.39, 0.29) is 12.0 Å². The van der Waals surface area contributed by atoms with Gasteiger partial charge >= 0.3 is 0 Å². The maximum atomic E-state index is 12.6. The van der Waals surface area contributed by atoms with Crippen molar-refractivity contribution in [2.24, 2.45) is 5.92 Å². The molecule has 0 N–H and O–H groups in total. The number of carbonyl (C=O) groups excluding carboxylic acids is 1. The maximum absolute atomic E-state index is 12.6. The van der Waals surface area contributed by atoms with Crippen LogP contribution >= 0.6 is 11.3 Å². The number of likely N-dealkylation sites (tertiary alicyclic amines) is 1.